The van der Waals surface area contributed by atoms with Crippen LogP contribution in [-0.2, 0) is 4.79 Å². The number of nitrogens with zero attached hydrogens (tertiary/aromatic N) is 2. The van der Waals surface area contributed by atoms with Crippen LogP contribution in [-0.4, -0.2) is 29.1 Å². The van der Waals surface area contributed by atoms with Crippen molar-refractivity contribution in [2.45, 2.75) is 62.8 Å². The quantitative estimate of drug-likeness (QED) is 0.818. The molecule has 1 saturated carbocycles. The zero-order chi connectivity index (χ0) is 20.1. The van der Waals surface area contributed by atoms with E-state index in [1.54, 1.807) is 18.3 Å². The Hall–Kier alpha value is -2.91. The van der Waals surface area contributed by atoms with Crippen LogP contribution < -0.4 is 15.4 Å². The van der Waals surface area contributed by atoms with E-state index in [2.05, 4.69) is 33.8 Å². The lowest BCUT2D eigenvalue weighted by Gasteiger charge is -2.30. The van der Waals surface area contributed by atoms with Gasteiger partial charge < -0.3 is 10.1 Å². The molecule has 0 spiro atoms. The smallest absolute Gasteiger partial charge is 0.237 e. The summed E-state index contributed by atoms with van der Waals surface area (Å²) in [6.45, 7) is 0. The third-order valence-corrected chi connectivity index (χ3v) is 5.86. The van der Waals surface area contributed by atoms with Gasteiger partial charge in [-0.15, -0.1) is 0 Å². The number of aromatic nitrogens is 1. The number of nitrogens with one attached hydrogen (secondary N) is 2. The molecule has 0 radical (unpaired) electrons. The van der Waals surface area contributed by atoms with Gasteiger partial charge in [0, 0.05) is 18.3 Å². The van der Waals surface area contributed by atoms with Crippen molar-refractivity contribution in [1.29, 1.82) is 5.26 Å². The average molecular weight is 390 g/mol. The molecule has 1 saturated heterocycles. The van der Waals surface area contributed by atoms with Crippen LogP contribution in [0.25, 0.3) is 0 Å². The summed E-state index contributed by atoms with van der Waals surface area (Å²) in [4.78, 5) is 16.9. The summed E-state index contributed by atoms with van der Waals surface area (Å²) in [5.41, 5.74) is 1.70. The van der Waals surface area contributed by atoms with Gasteiger partial charge in [0.25, 0.3) is 0 Å². The van der Waals surface area contributed by atoms with Crippen LogP contribution in [0.3, 0.4) is 0 Å². The van der Waals surface area contributed by atoms with Crippen LogP contribution in [0.15, 0.2) is 48.7 Å². The second-order valence-electron chi connectivity index (χ2n) is 7.83. The van der Waals surface area contributed by atoms with Gasteiger partial charge in [-0.05, 0) is 56.2 Å². The largest absolute Gasteiger partial charge is 0.473 e. The molecule has 1 aliphatic heterocycles. The van der Waals surface area contributed by atoms with Crippen molar-refractivity contribution in [3.05, 3.63) is 59.8 Å². The third-order valence-electron chi connectivity index (χ3n) is 5.86. The van der Waals surface area contributed by atoms with E-state index in [4.69, 9.17) is 10.00 Å². The number of carbonyl (C=O) groups excluding carboxylic acids is 1. The lowest BCUT2D eigenvalue weighted by molar-refractivity contribution is -0.123. The molecule has 1 aromatic heterocycles. The van der Waals surface area contributed by atoms with Crippen molar-refractivity contribution in [3.8, 4) is 11.9 Å². The van der Waals surface area contributed by atoms with Crippen molar-refractivity contribution >= 4 is 5.91 Å². The molecule has 0 bridgehead atoms. The first-order chi connectivity index (χ1) is 14.2. The number of carbonyl (C=O) groups is 1. The van der Waals surface area contributed by atoms with E-state index in [9.17, 15) is 4.79 Å². The van der Waals surface area contributed by atoms with E-state index >= 15 is 0 Å². The Morgan fingerprint density at radius 2 is 1.86 bits per heavy atom. The number of ether oxygens (including phenoxy) is 1. The summed E-state index contributed by atoms with van der Waals surface area (Å²) in [6, 6.07) is 16.2. The summed E-state index contributed by atoms with van der Waals surface area (Å²) in [5.74, 6) is 0.508. The highest BCUT2D eigenvalue weighted by Crippen LogP contribution is 2.28. The van der Waals surface area contributed by atoms with E-state index in [-0.39, 0.29) is 30.1 Å². The predicted molar refractivity (Wildman–Crippen MR) is 109 cm³/mol. The van der Waals surface area contributed by atoms with Gasteiger partial charge in [0.1, 0.15) is 17.7 Å². The molecule has 0 unspecified atom stereocenters. The molecular formula is C23H26N4O2. The molecule has 1 aromatic carbocycles. The summed E-state index contributed by atoms with van der Waals surface area (Å²) in [7, 11) is 0. The van der Waals surface area contributed by atoms with Gasteiger partial charge in [0.15, 0.2) is 0 Å². The van der Waals surface area contributed by atoms with Crippen LogP contribution in [0.4, 0.5) is 0 Å². The fraction of sp³-hybridized carbons (Fsp3) is 0.435. The summed E-state index contributed by atoms with van der Waals surface area (Å²) >= 11 is 0. The van der Waals surface area contributed by atoms with Crippen LogP contribution in [0.1, 0.15) is 55.7 Å². The first-order valence-corrected chi connectivity index (χ1v) is 10.4. The van der Waals surface area contributed by atoms with E-state index in [0.717, 1.165) is 38.5 Å². The molecule has 2 fully saturated rings. The second-order valence-corrected chi connectivity index (χ2v) is 7.83. The molecule has 2 heterocycles. The van der Waals surface area contributed by atoms with Crippen LogP contribution in [0.5, 0.6) is 5.88 Å². The van der Waals surface area contributed by atoms with Crippen molar-refractivity contribution < 1.29 is 9.53 Å². The number of hydrogen-bond acceptors (Lipinski definition) is 5. The Morgan fingerprint density at radius 3 is 2.62 bits per heavy atom. The predicted octanol–water partition coefficient (Wildman–Crippen LogP) is 3.25. The lowest BCUT2D eigenvalue weighted by Crippen LogP contribution is -2.47. The molecule has 2 atom stereocenters. The van der Waals surface area contributed by atoms with Gasteiger partial charge in [-0.25, -0.2) is 4.98 Å². The number of benzene rings is 1. The van der Waals surface area contributed by atoms with Crippen LogP contribution >= 0.6 is 0 Å². The Labute approximate surface area is 171 Å². The second kappa shape index (κ2) is 9.06. The molecule has 1 amide bonds. The number of amides is 1. The zero-order valence-corrected chi connectivity index (χ0v) is 16.4. The maximum absolute atomic E-state index is 12.7. The number of nitriles is 1. The molecule has 29 heavy (non-hydrogen) atoms. The fourth-order valence-electron chi connectivity index (χ4n) is 4.25. The molecule has 6 nitrogen and oxygen atoms in total. The minimum Gasteiger partial charge on any atom is -0.473 e. The third kappa shape index (κ3) is 4.75. The summed E-state index contributed by atoms with van der Waals surface area (Å²) in [5, 5.41) is 15.9. The summed E-state index contributed by atoms with van der Waals surface area (Å²) < 4.78 is 5.93. The molecule has 150 valence electrons. The number of pyridine rings is 1. The monoisotopic (exact) mass is 390 g/mol. The van der Waals surface area contributed by atoms with Gasteiger partial charge in [0.2, 0.25) is 11.8 Å². The first kappa shape index (κ1) is 19.4. The van der Waals surface area contributed by atoms with E-state index in [1.165, 1.54) is 5.56 Å². The SMILES string of the molecule is N#Cc1cccnc1OC1CCC(NC(=O)[C@H]2CC[C@H](c3ccccc3)N2)CC1. The molecule has 2 N–H and O–H groups in total. The van der Waals surface area contributed by atoms with E-state index < -0.39 is 0 Å². The Bertz CT molecular complexity index is 872. The Balaban J connectivity index is 1.24. The Kier molecular flexibility index (Phi) is 6.06. The van der Waals surface area contributed by atoms with E-state index in [1.807, 2.05) is 18.2 Å². The highest BCUT2D eigenvalue weighted by Gasteiger charge is 2.32. The molecular weight excluding hydrogens is 364 g/mol. The maximum atomic E-state index is 12.7. The van der Waals surface area contributed by atoms with Gasteiger partial charge in [-0.1, -0.05) is 30.3 Å². The van der Waals surface area contributed by atoms with Gasteiger partial charge in [-0.3, -0.25) is 10.1 Å². The molecule has 2 aromatic rings. The average Bonchev–Trinajstić information content (AvgIpc) is 3.27. The Morgan fingerprint density at radius 1 is 1.07 bits per heavy atom. The van der Waals surface area contributed by atoms with Gasteiger partial charge >= 0.3 is 0 Å². The fourth-order valence-corrected chi connectivity index (χ4v) is 4.25. The van der Waals surface area contributed by atoms with Gasteiger partial charge in [-0.2, -0.15) is 5.26 Å². The number of rotatable bonds is 5. The van der Waals surface area contributed by atoms with Crippen molar-refractivity contribution in [2.24, 2.45) is 0 Å². The lowest BCUT2D eigenvalue weighted by atomic mass is 9.92. The van der Waals surface area contributed by atoms with Crippen molar-refractivity contribution in [1.82, 2.24) is 15.6 Å². The van der Waals surface area contributed by atoms with Gasteiger partial charge in [0.05, 0.1) is 6.04 Å². The minimum absolute atomic E-state index is 0.0391. The standard InChI is InChI=1S/C23H26N4O2/c24-15-17-7-4-14-25-23(17)29-19-10-8-18(9-11-19)26-22(28)21-13-12-20(27-21)16-5-2-1-3-6-16/h1-7,14,18-21,27H,8-13H2,(H,26,28)/t18?,19?,20-,21-/m1/s1. The highest BCUT2D eigenvalue weighted by atomic mass is 16.5. The maximum Gasteiger partial charge on any atom is 0.237 e. The molecule has 6 heteroatoms. The van der Waals surface area contributed by atoms with Crippen molar-refractivity contribution in [2.75, 3.05) is 0 Å². The molecule has 1 aliphatic carbocycles. The normalized spacial score (nSPS) is 26.4. The number of hydrogen-bond donors (Lipinski definition) is 2. The first-order valence-electron chi connectivity index (χ1n) is 10.4. The highest BCUT2D eigenvalue weighted by molar-refractivity contribution is 5.82. The van der Waals surface area contributed by atoms with E-state index in [0.29, 0.717) is 11.4 Å². The molecule has 4 rings (SSSR count). The molecule has 2 aliphatic rings. The van der Waals surface area contributed by atoms with Crippen LogP contribution in [0.2, 0.25) is 0 Å². The minimum atomic E-state index is -0.124. The van der Waals surface area contributed by atoms with Crippen LogP contribution in [0, 0.1) is 11.3 Å². The van der Waals surface area contributed by atoms with Crippen molar-refractivity contribution in [3.63, 3.8) is 0 Å². The zero-order valence-electron chi connectivity index (χ0n) is 16.4. The topological polar surface area (TPSA) is 87.0 Å². The summed E-state index contributed by atoms with van der Waals surface area (Å²) in [6.07, 6.45) is 6.96.